The molecule has 0 aliphatic carbocycles. The maximum absolute atomic E-state index is 8.82. The van der Waals surface area contributed by atoms with Gasteiger partial charge in [-0.2, -0.15) is 5.26 Å². The van der Waals surface area contributed by atoms with Gasteiger partial charge in [0.05, 0.1) is 11.6 Å². The Morgan fingerprint density at radius 1 is 1.05 bits per heavy atom. The molecule has 0 aliphatic heterocycles. The van der Waals surface area contributed by atoms with Crippen LogP contribution >= 0.6 is 0 Å². The number of nitrogens with zero attached hydrogens (tertiary/aromatic N) is 1. The zero-order valence-corrected chi connectivity index (χ0v) is 12.1. The number of hydrogen-bond donors (Lipinski definition) is 1. The molecule has 1 aromatic rings. The normalized spacial score (nSPS) is 10.3. The van der Waals surface area contributed by atoms with Gasteiger partial charge in [-0.1, -0.05) is 57.6 Å². The molecule has 0 aliphatic rings. The molecule has 19 heavy (non-hydrogen) atoms. The summed E-state index contributed by atoms with van der Waals surface area (Å²) in [7, 11) is 0. The molecule has 2 nitrogen and oxygen atoms in total. The minimum absolute atomic E-state index is 0.746. The number of unbranched alkanes of at least 4 members (excludes halogenated alkanes) is 6. The highest BCUT2D eigenvalue weighted by Crippen LogP contribution is 2.07. The maximum atomic E-state index is 8.82. The summed E-state index contributed by atoms with van der Waals surface area (Å²) in [6.07, 6.45) is 9.43. The van der Waals surface area contributed by atoms with E-state index >= 15 is 0 Å². The van der Waals surface area contributed by atoms with Crippen LogP contribution in [0, 0.1) is 11.3 Å². The molecule has 0 saturated carbocycles. The van der Waals surface area contributed by atoms with E-state index in [-0.39, 0.29) is 0 Å². The van der Waals surface area contributed by atoms with Crippen molar-refractivity contribution in [3.63, 3.8) is 0 Å². The van der Waals surface area contributed by atoms with Crippen LogP contribution in [-0.2, 0) is 6.54 Å². The van der Waals surface area contributed by atoms with Crippen LogP contribution in [0.5, 0.6) is 0 Å². The second kappa shape index (κ2) is 10.6. The first-order valence-corrected chi connectivity index (χ1v) is 7.56. The molecule has 104 valence electrons. The van der Waals surface area contributed by atoms with Gasteiger partial charge in [0.15, 0.2) is 0 Å². The Morgan fingerprint density at radius 3 is 2.53 bits per heavy atom. The fourth-order valence-corrected chi connectivity index (χ4v) is 2.19. The van der Waals surface area contributed by atoms with E-state index in [2.05, 4.69) is 24.4 Å². The summed E-state index contributed by atoms with van der Waals surface area (Å²) in [5, 5.41) is 12.3. The summed E-state index contributed by atoms with van der Waals surface area (Å²) in [5.41, 5.74) is 1.94. The Balaban J connectivity index is 2.00. The van der Waals surface area contributed by atoms with Crippen molar-refractivity contribution < 1.29 is 0 Å². The van der Waals surface area contributed by atoms with Crippen LogP contribution < -0.4 is 5.32 Å². The Hall–Kier alpha value is -1.33. The number of nitrogens with one attached hydrogen (secondary N) is 1. The Bertz CT molecular complexity index is 379. The highest BCUT2D eigenvalue weighted by molar-refractivity contribution is 5.32. The Kier molecular flexibility index (Phi) is 8.76. The van der Waals surface area contributed by atoms with Crippen molar-refractivity contribution in [1.29, 1.82) is 5.26 Å². The van der Waals surface area contributed by atoms with Gasteiger partial charge in [-0.15, -0.1) is 0 Å². The van der Waals surface area contributed by atoms with Crippen LogP contribution in [0.2, 0.25) is 0 Å². The molecule has 0 saturated heterocycles. The summed E-state index contributed by atoms with van der Waals surface area (Å²) >= 11 is 0. The highest BCUT2D eigenvalue weighted by atomic mass is 14.8. The summed E-state index contributed by atoms with van der Waals surface area (Å²) in [5.74, 6) is 0. The van der Waals surface area contributed by atoms with Crippen LogP contribution in [0.25, 0.3) is 0 Å². The molecule has 0 radical (unpaired) electrons. The van der Waals surface area contributed by atoms with Gasteiger partial charge >= 0.3 is 0 Å². The van der Waals surface area contributed by atoms with E-state index in [0.29, 0.717) is 0 Å². The largest absolute Gasteiger partial charge is 0.313 e. The predicted molar refractivity (Wildman–Crippen MR) is 80.9 cm³/mol. The van der Waals surface area contributed by atoms with Gasteiger partial charge in [0.25, 0.3) is 0 Å². The molecule has 1 N–H and O–H groups in total. The summed E-state index contributed by atoms with van der Waals surface area (Å²) in [6.45, 7) is 4.20. The molecule has 0 bridgehead atoms. The molecule has 0 fully saturated rings. The van der Waals surface area contributed by atoms with Crippen molar-refractivity contribution >= 4 is 0 Å². The third kappa shape index (κ3) is 7.64. The van der Waals surface area contributed by atoms with Gasteiger partial charge in [0.1, 0.15) is 0 Å². The third-order valence-corrected chi connectivity index (χ3v) is 3.34. The van der Waals surface area contributed by atoms with Crippen LogP contribution in [-0.4, -0.2) is 6.54 Å². The van der Waals surface area contributed by atoms with E-state index < -0.39 is 0 Å². The number of benzene rings is 1. The van der Waals surface area contributed by atoms with Gasteiger partial charge in [0.2, 0.25) is 0 Å². The Labute approximate surface area is 117 Å². The molecule has 0 spiro atoms. The fraction of sp³-hybridized carbons (Fsp3) is 0.588. The second-order valence-corrected chi connectivity index (χ2v) is 5.11. The monoisotopic (exact) mass is 258 g/mol. The van der Waals surface area contributed by atoms with Gasteiger partial charge in [-0.25, -0.2) is 0 Å². The number of hydrogen-bond acceptors (Lipinski definition) is 2. The van der Waals surface area contributed by atoms with Crippen molar-refractivity contribution in [2.24, 2.45) is 0 Å². The molecule has 1 aromatic carbocycles. The third-order valence-electron chi connectivity index (χ3n) is 3.34. The topological polar surface area (TPSA) is 35.8 Å². The molecule has 0 unspecified atom stereocenters. The molecular formula is C17H26N2. The molecule has 0 amide bonds. The van der Waals surface area contributed by atoms with Crippen LogP contribution in [0.15, 0.2) is 24.3 Å². The molecule has 2 heteroatoms. The predicted octanol–water partition coefficient (Wildman–Crippen LogP) is 4.40. The summed E-state index contributed by atoms with van der Waals surface area (Å²) < 4.78 is 0. The van der Waals surface area contributed by atoms with Crippen molar-refractivity contribution in [2.75, 3.05) is 6.54 Å². The van der Waals surface area contributed by atoms with Crippen LogP contribution in [0.3, 0.4) is 0 Å². The molecule has 0 atom stereocenters. The first kappa shape index (κ1) is 15.7. The first-order valence-electron chi connectivity index (χ1n) is 7.56. The lowest BCUT2D eigenvalue weighted by Gasteiger charge is -2.05. The quantitative estimate of drug-likeness (QED) is 0.631. The average Bonchev–Trinajstić information content (AvgIpc) is 2.46. The lowest BCUT2D eigenvalue weighted by Crippen LogP contribution is -2.14. The zero-order chi connectivity index (χ0) is 13.8. The van der Waals surface area contributed by atoms with Crippen molar-refractivity contribution in [3.05, 3.63) is 35.4 Å². The van der Waals surface area contributed by atoms with E-state index in [1.54, 1.807) is 0 Å². The average molecular weight is 258 g/mol. The number of rotatable bonds is 10. The van der Waals surface area contributed by atoms with Gasteiger partial charge in [0, 0.05) is 6.54 Å². The minimum Gasteiger partial charge on any atom is -0.313 e. The van der Waals surface area contributed by atoms with Crippen molar-refractivity contribution in [2.45, 2.75) is 58.4 Å². The molecule has 1 rings (SSSR count). The molecular weight excluding hydrogens is 232 g/mol. The van der Waals surface area contributed by atoms with Gasteiger partial charge in [-0.3, -0.25) is 0 Å². The number of nitriles is 1. The lowest BCUT2D eigenvalue weighted by atomic mass is 10.1. The second-order valence-electron chi connectivity index (χ2n) is 5.11. The maximum Gasteiger partial charge on any atom is 0.0991 e. The van der Waals surface area contributed by atoms with Crippen molar-refractivity contribution in [1.82, 2.24) is 5.32 Å². The lowest BCUT2D eigenvalue weighted by molar-refractivity contribution is 0.562. The SMILES string of the molecule is CCCCCCCCCNCc1cccc(C#N)c1. The summed E-state index contributed by atoms with van der Waals surface area (Å²) in [6, 6.07) is 9.99. The van der Waals surface area contributed by atoms with E-state index in [0.717, 1.165) is 18.7 Å². The van der Waals surface area contributed by atoms with Gasteiger partial charge in [-0.05, 0) is 30.7 Å². The molecule has 0 heterocycles. The smallest absolute Gasteiger partial charge is 0.0991 e. The van der Waals surface area contributed by atoms with Crippen molar-refractivity contribution in [3.8, 4) is 6.07 Å². The Morgan fingerprint density at radius 2 is 1.79 bits per heavy atom. The highest BCUT2D eigenvalue weighted by Gasteiger charge is 1.95. The zero-order valence-electron chi connectivity index (χ0n) is 12.1. The summed E-state index contributed by atoms with van der Waals surface area (Å²) in [4.78, 5) is 0. The standard InChI is InChI=1S/C17H26N2/c1-2-3-4-5-6-7-8-12-19-15-17-11-9-10-16(13-17)14-18/h9-11,13,19H,2-8,12,15H2,1H3. The fourth-order valence-electron chi connectivity index (χ4n) is 2.19. The first-order chi connectivity index (χ1) is 9.36. The minimum atomic E-state index is 0.746. The van der Waals surface area contributed by atoms with Gasteiger partial charge < -0.3 is 5.32 Å². The van der Waals surface area contributed by atoms with Crippen LogP contribution in [0.4, 0.5) is 0 Å². The van der Waals surface area contributed by atoms with E-state index in [9.17, 15) is 0 Å². The van der Waals surface area contributed by atoms with Crippen LogP contribution in [0.1, 0.15) is 63.0 Å². The molecule has 0 aromatic heterocycles. The van der Waals surface area contributed by atoms with E-state index in [1.807, 2.05) is 18.2 Å². The van der Waals surface area contributed by atoms with E-state index in [4.69, 9.17) is 5.26 Å². The van der Waals surface area contributed by atoms with E-state index in [1.165, 1.54) is 50.5 Å².